The lowest BCUT2D eigenvalue weighted by atomic mass is 10.1. The summed E-state index contributed by atoms with van der Waals surface area (Å²) in [6, 6.07) is 14.1. The molecule has 150 valence electrons. The van der Waals surface area contributed by atoms with Crippen LogP contribution in [0.15, 0.2) is 48.5 Å². The number of nitrogens with one attached hydrogen (secondary N) is 1. The Labute approximate surface area is 169 Å². The maximum absolute atomic E-state index is 12.9. The molecule has 0 radical (unpaired) electrons. The number of carbonyl (C=O) groups is 3. The number of hydrogen-bond acceptors (Lipinski definition) is 4. The molecule has 0 unspecified atom stereocenters. The zero-order chi connectivity index (χ0) is 20.4. The van der Waals surface area contributed by atoms with Crippen molar-refractivity contribution in [2.45, 2.75) is 51.3 Å². The van der Waals surface area contributed by atoms with Gasteiger partial charge in [-0.3, -0.25) is 14.5 Å². The smallest absolute Gasteiger partial charge is 0.340 e. The number of ether oxygens (including phenoxy) is 1. The summed E-state index contributed by atoms with van der Waals surface area (Å²) in [5.41, 5.74) is 3.00. The van der Waals surface area contributed by atoms with Crippen molar-refractivity contribution in [3.63, 3.8) is 0 Å². The first-order chi connectivity index (χ1) is 14.1. The van der Waals surface area contributed by atoms with Crippen LogP contribution < -0.4 is 5.32 Å². The third-order valence-corrected chi connectivity index (χ3v) is 5.52. The van der Waals surface area contributed by atoms with Crippen molar-refractivity contribution in [3.05, 3.63) is 65.2 Å². The van der Waals surface area contributed by atoms with Gasteiger partial charge in [0, 0.05) is 17.7 Å². The van der Waals surface area contributed by atoms with E-state index in [1.807, 2.05) is 24.3 Å². The summed E-state index contributed by atoms with van der Waals surface area (Å²) in [5.74, 6) is -0.917. The van der Waals surface area contributed by atoms with Crippen molar-refractivity contribution < 1.29 is 19.1 Å². The molecule has 4 rings (SSSR count). The molecule has 1 saturated heterocycles. The number of aryl methyl sites for hydroxylation is 1. The van der Waals surface area contributed by atoms with Crippen LogP contribution >= 0.6 is 0 Å². The van der Waals surface area contributed by atoms with E-state index in [4.69, 9.17) is 4.74 Å². The van der Waals surface area contributed by atoms with Crippen LogP contribution in [0.1, 0.15) is 60.3 Å². The minimum Gasteiger partial charge on any atom is -0.433 e. The number of amides is 2. The van der Waals surface area contributed by atoms with Crippen LogP contribution in [-0.4, -0.2) is 28.7 Å². The average molecular weight is 392 g/mol. The number of likely N-dealkylation sites (tertiary alicyclic amines) is 1. The number of hydrogen-bond donors (Lipinski definition) is 1. The van der Waals surface area contributed by atoms with E-state index in [2.05, 4.69) is 12.2 Å². The molecule has 0 aliphatic carbocycles. The van der Waals surface area contributed by atoms with Gasteiger partial charge in [0.05, 0.1) is 5.56 Å². The summed E-state index contributed by atoms with van der Waals surface area (Å²) in [5, 5.41) is 2.90. The zero-order valence-corrected chi connectivity index (χ0v) is 16.4. The minimum absolute atomic E-state index is 0.186. The number of rotatable bonds is 6. The third kappa shape index (κ3) is 3.75. The van der Waals surface area contributed by atoms with Gasteiger partial charge in [-0.2, -0.15) is 0 Å². The molecule has 0 aromatic heterocycles. The van der Waals surface area contributed by atoms with Crippen LogP contribution in [0.3, 0.4) is 0 Å². The number of anilines is 1. The highest BCUT2D eigenvalue weighted by atomic mass is 16.6. The van der Waals surface area contributed by atoms with Gasteiger partial charge in [-0.15, -0.1) is 0 Å². The predicted molar refractivity (Wildman–Crippen MR) is 108 cm³/mol. The van der Waals surface area contributed by atoms with Crippen molar-refractivity contribution in [1.29, 1.82) is 0 Å². The number of unbranched alkanes of at least 4 members (excludes halogenated alkanes) is 1. The van der Waals surface area contributed by atoms with E-state index in [-0.39, 0.29) is 18.2 Å². The van der Waals surface area contributed by atoms with Gasteiger partial charge in [0.2, 0.25) is 18.0 Å². The van der Waals surface area contributed by atoms with Gasteiger partial charge in [-0.05, 0) is 43.0 Å². The normalized spacial score (nSPS) is 20.5. The monoisotopic (exact) mass is 392 g/mol. The molecule has 2 atom stereocenters. The molecule has 2 amide bonds. The number of cyclic esters (lactones) is 1. The second-order valence-corrected chi connectivity index (χ2v) is 7.49. The second kappa shape index (κ2) is 8.07. The molecule has 6 heteroatoms. The molecule has 1 fully saturated rings. The van der Waals surface area contributed by atoms with Gasteiger partial charge in [0.1, 0.15) is 6.04 Å². The fourth-order valence-corrected chi connectivity index (χ4v) is 3.95. The lowest BCUT2D eigenvalue weighted by molar-refractivity contribution is -0.144. The maximum Gasteiger partial charge on any atom is 0.340 e. The summed E-state index contributed by atoms with van der Waals surface area (Å²) in [6.45, 7) is 2.16. The van der Waals surface area contributed by atoms with Crippen molar-refractivity contribution in [2.24, 2.45) is 0 Å². The average Bonchev–Trinajstić information content (AvgIpc) is 3.27. The summed E-state index contributed by atoms with van der Waals surface area (Å²) in [6.07, 6.45) is 3.09. The SMILES string of the molecule is CCCCc1ccc(NC(=O)[C@@H]2CCC(=O)N2[C@@H]2OC(=O)c3ccccc32)cc1. The molecule has 2 heterocycles. The lowest BCUT2D eigenvalue weighted by Crippen LogP contribution is -2.43. The van der Waals surface area contributed by atoms with Crippen LogP contribution in [0.25, 0.3) is 0 Å². The highest BCUT2D eigenvalue weighted by Crippen LogP contribution is 2.38. The molecule has 2 aromatic carbocycles. The number of fused-ring (bicyclic) bond motifs is 1. The highest BCUT2D eigenvalue weighted by Gasteiger charge is 2.46. The summed E-state index contributed by atoms with van der Waals surface area (Å²) in [7, 11) is 0. The highest BCUT2D eigenvalue weighted by molar-refractivity contribution is 6.00. The summed E-state index contributed by atoms with van der Waals surface area (Å²) < 4.78 is 5.46. The lowest BCUT2D eigenvalue weighted by Gasteiger charge is -2.29. The Hall–Kier alpha value is -3.15. The van der Waals surface area contributed by atoms with E-state index in [9.17, 15) is 14.4 Å². The Bertz CT molecular complexity index is 938. The van der Waals surface area contributed by atoms with Gasteiger partial charge >= 0.3 is 5.97 Å². The molecule has 29 heavy (non-hydrogen) atoms. The molecule has 2 aliphatic rings. The van der Waals surface area contributed by atoms with Gasteiger partial charge in [-0.1, -0.05) is 43.7 Å². The fraction of sp³-hybridized carbons (Fsp3) is 0.348. The van der Waals surface area contributed by atoms with E-state index >= 15 is 0 Å². The Morgan fingerprint density at radius 2 is 1.90 bits per heavy atom. The standard InChI is InChI=1S/C23H24N2O4/c1-2-3-6-15-9-11-16(12-10-15)24-21(27)19-13-14-20(26)25(19)22-17-7-4-5-8-18(17)23(28)29-22/h4-5,7-12,19,22H,2-3,6,13-14H2,1H3,(H,24,27)/t19-,22+/m0/s1. The molecule has 2 aliphatic heterocycles. The third-order valence-electron chi connectivity index (χ3n) is 5.52. The van der Waals surface area contributed by atoms with E-state index in [1.165, 1.54) is 10.5 Å². The summed E-state index contributed by atoms with van der Waals surface area (Å²) >= 11 is 0. The fourth-order valence-electron chi connectivity index (χ4n) is 3.95. The number of benzene rings is 2. The number of nitrogens with zero attached hydrogens (tertiary/aromatic N) is 1. The van der Waals surface area contributed by atoms with Gasteiger partial charge < -0.3 is 10.1 Å². The zero-order valence-electron chi connectivity index (χ0n) is 16.4. The van der Waals surface area contributed by atoms with Crippen LogP contribution in [0.4, 0.5) is 5.69 Å². The van der Waals surface area contributed by atoms with Gasteiger partial charge in [0.25, 0.3) is 0 Å². The van der Waals surface area contributed by atoms with Crippen LogP contribution in [-0.2, 0) is 20.7 Å². The minimum atomic E-state index is -0.846. The van der Waals surface area contributed by atoms with Crippen LogP contribution in [0, 0.1) is 0 Å². The number of esters is 1. The first-order valence-corrected chi connectivity index (χ1v) is 10.1. The Kier molecular flexibility index (Phi) is 5.34. The van der Waals surface area contributed by atoms with Crippen LogP contribution in [0.2, 0.25) is 0 Å². The molecular weight excluding hydrogens is 368 g/mol. The van der Waals surface area contributed by atoms with Crippen LogP contribution in [0.5, 0.6) is 0 Å². The molecule has 0 bridgehead atoms. The topological polar surface area (TPSA) is 75.7 Å². The maximum atomic E-state index is 12.9. The van der Waals surface area contributed by atoms with Gasteiger partial charge in [-0.25, -0.2) is 4.79 Å². The van der Waals surface area contributed by atoms with Crippen molar-refractivity contribution in [1.82, 2.24) is 4.90 Å². The Morgan fingerprint density at radius 3 is 2.66 bits per heavy atom. The van der Waals surface area contributed by atoms with Crippen molar-refractivity contribution in [2.75, 3.05) is 5.32 Å². The van der Waals surface area contributed by atoms with E-state index in [0.29, 0.717) is 23.2 Å². The molecular formula is C23H24N2O4. The Morgan fingerprint density at radius 1 is 1.14 bits per heavy atom. The quantitative estimate of drug-likeness (QED) is 0.758. The first kappa shape index (κ1) is 19.2. The molecule has 2 aromatic rings. The molecule has 0 spiro atoms. The van der Waals surface area contributed by atoms with E-state index in [1.54, 1.807) is 24.3 Å². The molecule has 0 saturated carbocycles. The number of carbonyl (C=O) groups excluding carboxylic acids is 3. The molecule has 6 nitrogen and oxygen atoms in total. The largest absolute Gasteiger partial charge is 0.433 e. The molecule has 1 N–H and O–H groups in total. The van der Waals surface area contributed by atoms with E-state index < -0.39 is 18.2 Å². The Balaban J connectivity index is 1.50. The predicted octanol–water partition coefficient (Wildman–Crippen LogP) is 3.83. The first-order valence-electron chi connectivity index (χ1n) is 10.1. The van der Waals surface area contributed by atoms with Gasteiger partial charge in [0.15, 0.2) is 0 Å². The second-order valence-electron chi connectivity index (χ2n) is 7.49. The van der Waals surface area contributed by atoms with Crippen molar-refractivity contribution >= 4 is 23.5 Å². The van der Waals surface area contributed by atoms with Crippen molar-refractivity contribution in [3.8, 4) is 0 Å². The van der Waals surface area contributed by atoms with E-state index in [0.717, 1.165) is 19.3 Å². The summed E-state index contributed by atoms with van der Waals surface area (Å²) in [4.78, 5) is 39.0.